The molecule has 0 N–H and O–H groups in total. The monoisotopic (exact) mass is 390 g/mol. The summed E-state index contributed by atoms with van der Waals surface area (Å²) in [5.41, 5.74) is 2.51. The van der Waals surface area contributed by atoms with Crippen molar-refractivity contribution in [2.45, 2.75) is 37.6 Å². The molecule has 2 heterocycles. The molecule has 7 heteroatoms. The van der Waals surface area contributed by atoms with Crippen LogP contribution in [0.1, 0.15) is 30.3 Å². The number of carbonyl (C=O) groups is 1. The van der Waals surface area contributed by atoms with Crippen LogP contribution in [0.5, 0.6) is 5.75 Å². The molecule has 1 aromatic carbocycles. The number of nitrogens with zero attached hydrogens (tertiary/aromatic N) is 2. The summed E-state index contributed by atoms with van der Waals surface area (Å²) in [5.74, 6) is 0.318. The van der Waals surface area contributed by atoms with E-state index in [1.54, 1.807) is 12.1 Å². The Morgan fingerprint density at radius 3 is 2.33 bits per heavy atom. The van der Waals surface area contributed by atoms with Gasteiger partial charge in [-0.2, -0.15) is 0 Å². The number of sulfone groups is 1. The van der Waals surface area contributed by atoms with Gasteiger partial charge in [0.15, 0.2) is 16.4 Å². The molecule has 0 spiro atoms. The lowest BCUT2D eigenvalue weighted by Crippen LogP contribution is -2.41. The highest BCUT2D eigenvalue weighted by atomic mass is 32.2. The fourth-order valence-corrected chi connectivity index (χ4v) is 4.32. The first-order chi connectivity index (χ1) is 12.8. The van der Waals surface area contributed by atoms with Crippen molar-refractivity contribution in [3.63, 3.8) is 0 Å². The third kappa shape index (κ3) is 4.53. The SMILES string of the molecule is Cc1ccc(C)n1C1CCN(C(=O)COc2cccc(S(C)(=O)=O)c2)CC1. The molecule has 0 atom stereocenters. The van der Waals surface area contributed by atoms with Crippen LogP contribution >= 0.6 is 0 Å². The molecular weight excluding hydrogens is 364 g/mol. The second-order valence-electron chi connectivity index (χ2n) is 7.13. The first-order valence-electron chi connectivity index (χ1n) is 9.11. The van der Waals surface area contributed by atoms with Crippen LogP contribution < -0.4 is 4.74 Å². The van der Waals surface area contributed by atoms with Gasteiger partial charge in [0, 0.05) is 36.8 Å². The minimum absolute atomic E-state index is 0.0702. The molecule has 0 bridgehead atoms. The lowest BCUT2D eigenvalue weighted by Gasteiger charge is -2.34. The van der Waals surface area contributed by atoms with Crippen LogP contribution in [0.2, 0.25) is 0 Å². The zero-order valence-corrected chi connectivity index (χ0v) is 16.8. The van der Waals surface area contributed by atoms with Gasteiger partial charge >= 0.3 is 0 Å². The van der Waals surface area contributed by atoms with E-state index < -0.39 is 9.84 Å². The summed E-state index contributed by atoms with van der Waals surface area (Å²) >= 11 is 0. The maximum Gasteiger partial charge on any atom is 0.260 e. The second-order valence-corrected chi connectivity index (χ2v) is 9.15. The van der Waals surface area contributed by atoms with Gasteiger partial charge in [-0.05, 0) is 57.0 Å². The number of carbonyl (C=O) groups excluding carboxylic acids is 1. The van der Waals surface area contributed by atoms with Crippen LogP contribution in [0.3, 0.4) is 0 Å². The molecule has 27 heavy (non-hydrogen) atoms. The molecule has 2 aromatic rings. The smallest absolute Gasteiger partial charge is 0.260 e. The number of amides is 1. The quantitative estimate of drug-likeness (QED) is 0.787. The Labute approximate surface area is 160 Å². The van der Waals surface area contributed by atoms with E-state index in [2.05, 4.69) is 30.5 Å². The van der Waals surface area contributed by atoms with Gasteiger partial charge in [-0.25, -0.2) is 8.42 Å². The summed E-state index contributed by atoms with van der Waals surface area (Å²) in [4.78, 5) is 14.5. The van der Waals surface area contributed by atoms with Crippen LogP contribution in [-0.4, -0.2) is 49.7 Å². The Hall–Kier alpha value is -2.28. The van der Waals surface area contributed by atoms with E-state index in [1.165, 1.54) is 23.5 Å². The lowest BCUT2D eigenvalue weighted by molar-refractivity contribution is -0.134. The van der Waals surface area contributed by atoms with E-state index in [-0.39, 0.29) is 17.4 Å². The Bertz CT molecular complexity index is 906. The largest absolute Gasteiger partial charge is 0.484 e. The van der Waals surface area contributed by atoms with Crippen molar-refractivity contribution < 1.29 is 17.9 Å². The number of ether oxygens (including phenoxy) is 1. The maximum atomic E-state index is 12.5. The average molecular weight is 391 g/mol. The number of likely N-dealkylation sites (tertiary alicyclic amines) is 1. The van der Waals surface area contributed by atoms with E-state index in [1.807, 2.05) is 4.90 Å². The fourth-order valence-electron chi connectivity index (χ4n) is 3.66. The van der Waals surface area contributed by atoms with Crippen LogP contribution in [0.25, 0.3) is 0 Å². The first-order valence-corrected chi connectivity index (χ1v) is 11.0. The predicted molar refractivity (Wildman–Crippen MR) is 104 cm³/mol. The summed E-state index contributed by atoms with van der Waals surface area (Å²) in [5, 5.41) is 0. The van der Waals surface area contributed by atoms with Gasteiger partial charge in [0.1, 0.15) is 5.75 Å². The summed E-state index contributed by atoms with van der Waals surface area (Å²) in [7, 11) is -3.30. The number of benzene rings is 1. The van der Waals surface area contributed by atoms with Crippen molar-refractivity contribution in [2.24, 2.45) is 0 Å². The third-order valence-electron chi connectivity index (χ3n) is 5.10. The van der Waals surface area contributed by atoms with Gasteiger partial charge in [-0.3, -0.25) is 4.79 Å². The molecule has 1 aliphatic rings. The highest BCUT2D eigenvalue weighted by Crippen LogP contribution is 2.26. The molecule has 6 nitrogen and oxygen atoms in total. The molecule has 1 amide bonds. The van der Waals surface area contributed by atoms with Crippen molar-refractivity contribution >= 4 is 15.7 Å². The summed E-state index contributed by atoms with van der Waals surface area (Å²) in [6, 6.07) is 10.9. The normalized spacial score (nSPS) is 15.7. The molecule has 1 aliphatic heterocycles. The Morgan fingerprint density at radius 2 is 1.74 bits per heavy atom. The number of aryl methyl sites for hydroxylation is 2. The van der Waals surface area contributed by atoms with Crippen molar-refractivity contribution in [3.05, 3.63) is 47.8 Å². The molecule has 0 radical (unpaired) electrons. The highest BCUT2D eigenvalue weighted by molar-refractivity contribution is 7.90. The van der Waals surface area contributed by atoms with Gasteiger partial charge in [0.05, 0.1) is 4.90 Å². The Morgan fingerprint density at radius 1 is 1.11 bits per heavy atom. The number of hydrogen-bond acceptors (Lipinski definition) is 4. The molecule has 1 fully saturated rings. The van der Waals surface area contributed by atoms with Gasteiger partial charge in [0.25, 0.3) is 5.91 Å². The van der Waals surface area contributed by atoms with Gasteiger partial charge in [-0.15, -0.1) is 0 Å². The zero-order valence-electron chi connectivity index (χ0n) is 16.0. The summed E-state index contributed by atoms with van der Waals surface area (Å²) in [6.07, 6.45) is 2.99. The molecular formula is C20H26N2O4S. The standard InChI is InChI=1S/C20H26N2O4S/c1-15-7-8-16(2)22(15)17-9-11-21(12-10-17)20(23)14-26-18-5-4-6-19(13-18)27(3,24)25/h4-8,13,17H,9-12,14H2,1-3H3. The molecule has 3 rings (SSSR count). The molecule has 1 aromatic heterocycles. The molecule has 0 unspecified atom stereocenters. The predicted octanol–water partition coefficient (Wildman–Crippen LogP) is 2.75. The second kappa shape index (κ2) is 7.76. The topological polar surface area (TPSA) is 68.6 Å². The lowest BCUT2D eigenvalue weighted by atomic mass is 10.0. The van der Waals surface area contributed by atoms with Crippen LogP contribution in [0.4, 0.5) is 0 Å². The van der Waals surface area contributed by atoms with Crippen molar-refractivity contribution in [3.8, 4) is 5.75 Å². The fraction of sp³-hybridized carbons (Fsp3) is 0.450. The summed E-state index contributed by atoms with van der Waals surface area (Å²) in [6.45, 7) is 5.55. The number of aromatic nitrogens is 1. The number of hydrogen-bond donors (Lipinski definition) is 0. The van der Waals surface area contributed by atoms with Crippen molar-refractivity contribution in [2.75, 3.05) is 26.0 Å². The Balaban J connectivity index is 1.55. The van der Waals surface area contributed by atoms with E-state index in [0.717, 1.165) is 19.1 Å². The van der Waals surface area contributed by atoms with Crippen LogP contribution in [-0.2, 0) is 14.6 Å². The van der Waals surface area contributed by atoms with Crippen molar-refractivity contribution in [1.29, 1.82) is 0 Å². The van der Waals surface area contributed by atoms with E-state index >= 15 is 0 Å². The Kier molecular flexibility index (Phi) is 5.60. The van der Waals surface area contributed by atoms with Gasteiger partial charge in [-0.1, -0.05) is 6.07 Å². The van der Waals surface area contributed by atoms with Gasteiger partial charge < -0.3 is 14.2 Å². The third-order valence-corrected chi connectivity index (χ3v) is 6.21. The number of rotatable bonds is 5. The van der Waals surface area contributed by atoms with Crippen molar-refractivity contribution in [1.82, 2.24) is 9.47 Å². The first kappa shape index (κ1) is 19.5. The molecule has 0 saturated carbocycles. The minimum atomic E-state index is -3.30. The molecule has 1 saturated heterocycles. The summed E-state index contributed by atoms with van der Waals surface area (Å²) < 4.78 is 31.1. The van der Waals surface area contributed by atoms with E-state index in [0.29, 0.717) is 24.9 Å². The van der Waals surface area contributed by atoms with E-state index in [9.17, 15) is 13.2 Å². The maximum absolute atomic E-state index is 12.5. The van der Waals surface area contributed by atoms with Crippen LogP contribution in [0.15, 0.2) is 41.3 Å². The average Bonchev–Trinajstić information content (AvgIpc) is 2.98. The number of piperidine rings is 1. The highest BCUT2D eigenvalue weighted by Gasteiger charge is 2.25. The molecule has 146 valence electrons. The van der Waals surface area contributed by atoms with Crippen LogP contribution in [0, 0.1) is 13.8 Å². The zero-order chi connectivity index (χ0) is 19.6. The van der Waals surface area contributed by atoms with E-state index in [4.69, 9.17) is 4.74 Å². The molecule has 0 aliphatic carbocycles. The van der Waals surface area contributed by atoms with Gasteiger partial charge in [0.2, 0.25) is 0 Å². The minimum Gasteiger partial charge on any atom is -0.484 e.